The number of amides is 3. The van der Waals surface area contributed by atoms with Crippen molar-refractivity contribution in [2.24, 2.45) is 0 Å². The number of nitrogens with zero attached hydrogens (tertiary/aromatic N) is 1. The van der Waals surface area contributed by atoms with Crippen molar-refractivity contribution in [2.45, 2.75) is 13.8 Å². The van der Waals surface area contributed by atoms with E-state index in [9.17, 15) is 14.4 Å². The SMILES string of the molecule is C#Cc1cccc(NC(=O)CN(C)C(=O)CNC(=O)c2ccc(C)c(C)c2)c1. The van der Waals surface area contributed by atoms with Gasteiger partial charge in [0.15, 0.2) is 0 Å². The molecule has 144 valence electrons. The Bertz CT molecular complexity index is 944. The maximum Gasteiger partial charge on any atom is 0.251 e. The molecule has 0 aliphatic rings. The minimum Gasteiger partial charge on any atom is -0.343 e. The summed E-state index contributed by atoms with van der Waals surface area (Å²) in [6.45, 7) is 3.55. The number of hydrogen-bond acceptors (Lipinski definition) is 3. The van der Waals surface area contributed by atoms with Gasteiger partial charge >= 0.3 is 0 Å². The number of hydrogen-bond donors (Lipinski definition) is 2. The van der Waals surface area contributed by atoms with Crippen molar-refractivity contribution in [1.29, 1.82) is 0 Å². The van der Waals surface area contributed by atoms with Crippen LogP contribution in [-0.4, -0.2) is 42.8 Å². The molecule has 6 nitrogen and oxygen atoms in total. The highest BCUT2D eigenvalue weighted by Gasteiger charge is 2.15. The maximum atomic E-state index is 12.2. The lowest BCUT2D eigenvalue weighted by atomic mass is 10.1. The van der Waals surface area contributed by atoms with E-state index in [1.807, 2.05) is 19.9 Å². The first kappa shape index (κ1) is 20.7. The molecule has 28 heavy (non-hydrogen) atoms. The highest BCUT2D eigenvalue weighted by molar-refractivity contribution is 5.98. The third-order valence-corrected chi connectivity index (χ3v) is 4.29. The first-order valence-corrected chi connectivity index (χ1v) is 8.76. The average Bonchev–Trinajstić information content (AvgIpc) is 2.67. The average molecular weight is 377 g/mol. The Morgan fingerprint density at radius 1 is 1.07 bits per heavy atom. The van der Waals surface area contributed by atoms with Crippen molar-refractivity contribution in [1.82, 2.24) is 10.2 Å². The van der Waals surface area contributed by atoms with Crippen molar-refractivity contribution in [3.63, 3.8) is 0 Å². The fourth-order valence-electron chi connectivity index (χ4n) is 2.47. The zero-order chi connectivity index (χ0) is 20.7. The van der Waals surface area contributed by atoms with Gasteiger partial charge in [0, 0.05) is 23.9 Å². The second-order valence-corrected chi connectivity index (χ2v) is 6.50. The molecular formula is C22H23N3O3. The van der Waals surface area contributed by atoms with Crippen LogP contribution in [0.25, 0.3) is 0 Å². The topological polar surface area (TPSA) is 78.5 Å². The molecule has 2 aromatic carbocycles. The highest BCUT2D eigenvalue weighted by Crippen LogP contribution is 2.10. The van der Waals surface area contributed by atoms with Crippen LogP contribution < -0.4 is 10.6 Å². The van der Waals surface area contributed by atoms with Crippen molar-refractivity contribution in [2.75, 3.05) is 25.5 Å². The summed E-state index contributed by atoms with van der Waals surface area (Å²) in [6, 6.07) is 12.2. The smallest absolute Gasteiger partial charge is 0.251 e. The van der Waals surface area contributed by atoms with Gasteiger partial charge in [0.05, 0.1) is 13.1 Å². The Morgan fingerprint density at radius 2 is 1.82 bits per heavy atom. The van der Waals surface area contributed by atoms with Crippen LogP contribution >= 0.6 is 0 Å². The van der Waals surface area contributed by atoms with Crippen molar-refractivity contribution < 1.29 is 14.4 Å². The summed E-state index contributed by atoms with van der Waals surface area (Å²) in [4.78, 5) is 37.7. The molecule has 0 radical (unpaired) electrons. The molecule has 0 atom stereocenters. The van der Waals surface area contributed by atoms with Gasteiger partial charge in [-0.25, -0.2) is 0 Å². The van der Waals surface area contributed by atoms with Crippen LogP contribution in [0.2, 0.25) is 0 Å². The van der Waals surface area contributed by atoms with Gasteiger partial charge in [-0.05, 0) is 55.3 Å². The normalized spacial score (nSPS) is 9.93. The predicted molar refractivity (Wildman–Crippen MR) is 109 cm³/mol. The van der Waals surface area contributed by atoms with E-state index >= 15 is 0 Å². The quantitative estimate of drug-likeness (QED) is 0.757. The third-order valence-electron chi connectivity index (χ3n) is 4.29. The Balaban J connectivity index is 1.84. The maximum absolute atomic E-state index is 12.2. The minimum atomic E-state index is -0.371. The number of likely N-dealkylation sites (N-methyl/N-ethyl adjacent to an activating group) is 1. The van der Waals surface area contributed by atoms with Gasteiger partial charge in [-0.2, -0.15) is 0 Å². The molecule has 2 rings (SSSR count). The summed E-state index contributed by atoms with van der Waals surface area (Å²) in [7, 11) is 1.50. The molecule has 6 heteroatoms. The second kappa shape index (κ2) is 9.38. The van der Waals surface area contributed by atoms with Gasteiger partial charge in [0.25, 0.3) is 5.91 Å². The van der Waals surface area contributed by atoms with Crippen LogP contribution in [0.3, 0.4) is 0 Å². The Hall–Kier alpha value is -3.59. The van der Waals surface area contributed by atoms with Crippen molar-refractivity contribution in [3.05, 3.63) is 64.7 Å². The van der Waals surface area contributed by atoms with Crippen LogP contribution in [0.1, 0.15) is 27.0 Å². The van der Waals surface area contributed by atoms with Crippen molar-refractivity contribution in [3.8, 4) is 12.3 Å². The van der Waals surface area contributed by atoms with E-state index in [1.54, 1.807) is 36.4 Å². The molecule has 3 amide bonds. The fourth-order valence-corrected chi connectivity index (χ4v) is 2.47. The molecule has 2 N–H and O–H groups in total. The molecule has 0 saturated carbocycles. The standard InChI is InChI=1S/C22H23N3O3/c1-5-17-7-6-8-19(12-17)24-20(26)14-25(4)21(27)13-23-22(28)18-10-9-15(2)16(3)11-18/h1,6-12H,13-14H2,2-4H3,(H,23,28)(H,24,26). The summed E-state index contributed by atoms with van der Waals surface area (Å²) >= 11 is 0. The number of carbonyl (C=O) groups is 3. The van der Waals surface area contributed by atoms with Gasteiger partial charge in [0.2, 0.25) is 11.8 Å². The molecule has 0 unspecified atom stereocenters. The molecule has 0 spiro atoms. The fraction of sp³-hybridized carbons (Fsp3) is 0.227. The van der Waals surface area contributed by atoms with Gasteiger partial charge in [-0.15, -0.1) is 6.42 Å². The Morgan fingerprint density at radius 3 is 2.50 bits per heavy atom. The molecule has 0 bridgehead atoms. The summed E-state index contributed by atoms with van der Waals surface area (Å²) in [5.74, 6) is 1.43. The predicted octanol–water partition coefficient (Wildman–Crippen LogP) is 2.11. The van der Waals surface area contributed by atoms with Gasteiger partial charge < -0.3 is 15.5 Å². The third kappa shape index (κ3) is 5.71. The number of rotatable bonds is 6. The number of terminal acetylenes is 1. The lowest BCUT2D eigenvalue weighted by Crippen LogP contribution is -2.41. The van der Waals surface area contributed by atoms with Crippen molar-refractivity contribution >= 4 is 23.4 Å². The Labute approximate surface area is 164 Å². The van der Waals surface area contributed by atoms with E-state index in [1.165, 1.54) is 11.9 Å². The van der Waals surface area contributed by atoms with E-state index in [0.717, 1.165) is 11.1 Å². The largest absolute Gasteiger partial charge is 0.343 e. The molecular weight excluding hydrogens is 354 g/mol. The minimum absolute atomic E-state index is 0.140. The summed E-state index contributed by atoms with van der Waals surface area (Å²) < 4.78 is 0. The lowest BCUT2D eigenvalue weighted by Gasteiger charge is -2.17. The highest BCUT2D eigenvalue weighted by atomic mass is 16.2. The first-order valence-electron chi connectivity index (χ1n) is 8.76. The van der Waals surface area contributed by atoms with E-state index in [4.69, 9.17) is 6.42 Å². The molecule has 0 fully saturated rings. The number of carbonyl (C=O) groups excluding carboxylic acids is 3. The zero-order valence-electron chi connectivity index (χ0n) is 16.2. The monoisotopic (exact) mass is 377 g/mol. The summed E-state index contributed by atoms with van der Waals surface area (Å²) in [5, 5.41) is 5.27. The molecule has 0 heterocycles. The van der Waals surface area contributed by atoms with Crippen LogP contribution in [0.5, 0.6) is 0 Å². The molecule has 0 aliphatic heterocycles. The second-order valence-electron chi connectivity index (χ2n) is 6.50. The Kier molecular flexibility index (Phi) is 6.94. The van der Waals surface area contributed by atoms with Crippen LogP contribution in [-0.2, 0) is 9.59 Å². The first-order chi connectivity index (χ1) is 13.3. The zero-order valence-corrected chi connectivity index (χ0v) is 16.2. The molecule has 0 aliphatic carbocycles. The van der Waals surface area contributed by atoms with Gasteiger partial charge in [0.1, 0.15) is 0 Å². The summed E-state index contributed by atoms with van der Waals surface area (Å²) in [6.07, 6.45) is 5.34. The van der Waals surface area contributed by atoms with Gasteiger partial charge in [-0.1, -0.05) is 18.1 Å². The number of nitrogens with one attached hydrogen (secondary N) is 2. The summed E-state index contributed by atoms with van der Waals surface area (Å²) in [5.41, 5.74) is 3.79. The van der Waals surface area contributed by atoms with Crippen LogP contribution in [0.4, 0.5) is 5.69 Å². The van der Waals surface area contributed by atoms with Gasteiger partial charge in [-0.3, -0.25) is 14.4 Å². The molecule has 0 aromatic heterocycles. The lowest BCUT2D eigenvalue weighted by molar-refractivity contribution is -0.132. The molecule has 2 aromatic rings. The van der Waals surface area contributed by atoms with E-state index in [2.05, 4.69) is 16.6 Å². The van der Waals surface area contributed by atoms with E-state index in [0.29, 0.717) is 16.8 Å². The number of benzene rings is 2. The number of aryl methyl sites for hydroxylation is 2. The van der Waals surface area contributed by atoms with E-state index in [-0.39, 0.29) is 30.8 Å². The molecule has 0 saturated heterocycles. The van der Waals surface area contributed by atoms with Crippen LogP contribution in [0, 0.1) is 26.2 Å². The van der Waals surface area contributed by atoms with E-state index < -0.39 is 0 Å². The van der Waals surface area contributed by atoms with Crippen LogP contribution in [0.15, 0.2) is 42.5 Å². The number of anilines is 1.